The van der Waals surface area contributed by atoms with Crippen LogP contribution in [-0.2, 0) is 29.9 Å². The summed E-state index contributed by atoms with van der Waals surface area (Å²) in [6.07, 6.45) is 14.8. The number of nitrogens with zero attached hydrogens (tertiary/aromatic N) is 6. The van der Waals surface area contributed by atoms with E-state index in [9.17, 15) is 19.2 Å². The highest BCUT2D eigenvalue weighted by atomic mass is 16.5. The first-order valence-corrected chi connectivity index (χ1v) is 22.1. The zero-order valence-corrected chi connectivity index (χ0v) is 35.6. The van der Waals surface area contributed by atoms with Crippen LogP contribution in [-0.4, -0.2) is 92.5 Å². The number of imidazole rings is 2. The third kappa shape index (κ3) is 6.68. The Morgan fingerprint density at radius 3 is 1.68 bits per heavy atom. The third-order valence-electron chi connectivity index (χ3n) is 15.9. The van der Waals surface area contributed by atoms with Crippen LogP contribution in [0.5, 0.6) is 0 Å². The van der Waals surface area contributed by atoms with Crippen molar-refractivity contribution in [1.29, 1.82) is 0 Å². The number of carbonyl (C=O) groups is 4. The van der Waals surface area contributed by atoms with Gasteiger partial charge in [-0.15, -0.1) is 0 Å². The van der Waals surface area contributed by atoms with E-state index in [-0.39, 0.29) is 46.8 Å². The summed E-state index contributed by atoms with van der Waals surface area (Å²) in [5, 5.41) is 0. The Bertz CT molecular complexity index is 2190. The molecule has 0 spiro atoms. The Morgan fingerprint density at radius 2 is 1.20 bits per heavy atom. The molecule has 4 amide bonds. The molecule has 0 radical (unpaired) electrons. The number of aromatic amines is 2. The molecule has 2 aliphatic heterocycles. The summed E-state index contributed by atoms with van der Waals surface area (Å²) in [6, 6.07) is 9.14. The minimum absolute atomic E-state index is 0.00609. The average molecular weight is 819 g/mol. The van der Waals surface area contributed by atoms with Crippen molar-refractivity contribution in [2.24, 2.45) is 45.5 Å². The van der Waals surface area contributed by atoms with Gasteiger partial charge in [0.2, 0.25) is 11.8 Å². The van der Waals surface area contributed by atoms with Crippen molar-refractivity contribution in [3.05, 3.63) is 59.6 Å². The highest BCUT2D eigenvalue weighted by Crippen LogP contribution is 2.61. The lowest BCUT2D eigenvalue weighted by molar-refractivity contribution is -0.136. The molecule has 1 aromatic carbocycles. The maximum Gasteiger partial charge on any atom is 0.432 e. The number of aliphatic imine (C=N–C) groups is 2. The van der Waals surface area contributed by atoms with Crippen molar-refractivity contribution in [2.75, 3.05) is 14.2 Å². The second-order valence-corrected chi connectivity index (χ2v) is 18.5. The van der Waals surface area contributed by atoms with Gasteiger partial charge in [0.1, 0.15) is 11.6 Å². The number of likely N-dealkylation sites (tertiary alicyclic amines) is 2. The largest absolute Gasteiger partial charge is 0.451 e. The van der Waals surface area contributed by atoms with Crippen molar-refractivity contribution in [3.8, 4) is 11.3 Å². The fraction of sp³-hybridized carbons (Fsp3) is 0.609. The number of rotatable bonds is 11. The molecule has 2 bridgehead atoms. The number of amides is 4. The molecule has 5 aliphatic carbocycles. The van der Waals surface area contributed by atoms with E-state index in [0.717, 1.165) is 74.3 Å². The number of ether oxygens (including phenoxy) is 2. The summed E-state index contributed by atoms with van der Waals surface area (Å²) in [5.41, 5.74) is 4.79. The number of methoxy groups -OCH3 is 2. The van der Waals surface area contributed by atoms with E-state index >= 15 is 0 Å². The summed E-state index contributed by atoms with van der Waals surface area (Å²) < 4.78 is 9.33. The Kier molecular flexibility index (Phi) is 10.3. The van der Waals surface area contributed by atoms with Crippen LogP contribution in [0.2, 0.25) is 0 Å². The summed E-state index contributed by atoms with van der Waals surface area (Å²) in [5.74, 6) is 2.49. The minimum Gasteiger partial charge on any atom is -0.451 e. The number of aromatic nitrogens is 4. The maximum absolute atomic E-state index is 13.9. The molecule has 4 heterocycles. The van der Waals surface area contributed by atoms with Gasteiger partial charge in [-0.1, -0.05) is 52.0 Å². The molecule has 60 heavy (non-hydrogen) atoms. The molecule has 2 aromatic heterocycles. The second kappa shape index (κ2) is 15.4. The van der Waals surface area contributed by atoms with E-state index in [4.69, 9.17) is 9.97 Å². The van der Waals surface area contributed by atoms with Gasteiger partial charge in [0.15, 0.2) is 0 Å². The summed E-state index contributed by atoms with van der Waals surface area (Å²) in [7, 11) is 2.57. The van der Waals surface area contributed by atoms with Gasteiger partial charge < -0.3 is 29.2 Å². The molecule has 10 rings (SSSR count). The lowest BCUT2D eigenvalue weighted by atomic mass is 9.51. The van der Waals surface area contributed by atoms with Gasteiger partial charge in [0.05, 0.1) is 50.0 Å². The molecule has 14 nitrogen and oxygen atoms in total. The molecule has 7 fully saturated rings. The molecule has 7 aliphatic rings. The van der Waals surface area contributed by atoms with Gasteiger partial charge in [-0.2, -0.15) is 9.98 Å². The third-order valence-corrected chi connectivity index (χ3v) is 15.9. The zero-order chi connectivity index (χ0) is 42.1. The van der Waals surface area contributed by atoms with Crippen LogP contribution in [0.1, 0.15) is 127 Å². The quantitative estimate of drug-likeness (QED) is 0.184. The van der Waals surface area contributed by atoms with Crippen LogP contribution in [0.15, 0.2) is 46.6 Å². The number of H-pyrrole nitrogens is 2. The number of fused-ring (bicyclic) bond motifs is 5. The first-order valence-electron chi connectivity index (χ1n) is 22.1. The predicted octanol–water partition coefficient (Wildman–Crippen LogP) is 7.89. The molecule has 2 saturated heterocycles. The topological polar surface area (TPSA) is 175 Å². The van der Waals surface area contributed by atoms with E-state index in [1.807, 2.05) is 36.0 Å². The molecule has 2 unspecified atom stereocenters. The van der Waals surface area contributed by atoms with Crippen molar-refractivity contribution in [2.45, 2.75) is 127 Å². The van der Waals surface area contributed by atoms with Gasteiger partial charge in [0, 0.05) is 41.8 Å². The van der Waals surface area contributed by atoms with Crippen molar-refractivity contribution >= 4 is 36.4 Å². The average Bonchev–Trinajstić information content (AvgIpc) is 3.75. The van der Waals surface area contributed by atoms with E-state index in [2.05, 4.69) is 67.5 Å². The van der Waals surface area contributed by atoms with Gasteiger partial charge in [-0.05, 0) is 104 Å². The molecule has 3 aromatic rings. The van der Waals surface area contributed by atoms with Crippen molar-refractivity contribution < 1.29 is 28.7 Å². The number of benzene rings is 1. The second-order valence-electron chi connectivity index (χ2n) is 18.5. The molecular weight excluding hydrogens is 761 g/mol. The summed E-state index contributed by atoms with van der Waals surface area (Å²) in [6.45, 7) is 8.29. The Hall–Kier alpha value is -5.14. The molecular formula is C46H58N8O6. The number of piperidine rings is 2. The van der Waals surface area contributed by atoms with Crippen molar-refractivity contribution in [3.63, 3.8) is 0 Å². The zero-order valence-electron chi connectivity index (χ0n) is 35.6. The van der Waals surface area contributed by atoms with Gasteiger partial charge in [0.25, 0.3) is 0 Å². The SMILES string of the molecule is CCC(C=NC(=O)OC)C(=O)N1[C@@H]2[C@H](C)[C@@H]2C[C@H]1c1ncc(-c2ccc(C34CCC(c5cnc([C@@H]6C[C@H]7[C@@H](C)[C@H]7N6C(=O)C(C=NC(=O)OC)CC)[nH]5)(CC3)CC4)cc2)[nH]1. The molecule has 14 heteroatoms. The highest BCUT2D eigenvalue weighted by Gasteiger charge is 2.62. The standard InChI is InChI=1S/C46H58N8O6/c1-7-27(21-49-43(57)59-5)41(55)53-34(19-31-25(3)37(31)53)39-47-23-33(51-39)29-9-11-30(12-10-29)45-13-16-46(17-14-45,18-15-45)36-24-48-40(52-36)35-20-32-26(4)38(32)54(35)42(56)28(8-2)22-50-44(58)60-6/h9-12,21-28,31-32,34-35,37-38H,7-8,13-20H2,1-6H3,(H,47,51)(H,48,52)/t25-,26-,27?,28?,31+,32+,34+,35+,37-,38-,45?,46?/m1/s1. The van der Waals surface area contributed by atoms with Gasteiger partial charge in [-0.3, -0.25) is 9.59 Å². The first-order chi connectivity index (χ1) is 29.0. The van der Waals surface area contributed by atoms with E-state index < -0.39 is 24.0 Å². The van der Waals surface area contributed by atoms with Crippen LogP contribution >= 0.6 is 0 Å². The molecule has 318 valence electrons. The van der Waals surface area contributed by atoms with Crippen LogP contribution in [0.3, 0.4) is 0 Å². The minimum atomic E-state index is -0.705. The van der Waals surface area contributed by atoms with Crippen LogP contribution < -0.4 is 0 Å². The Labute approximate surface area is 351 Å². The predicted molar refractivity (Wildman–Crippen MR) is 224 cm³/mol. The number of nitrogens with one attached hydrogen (secondary N) is 2. The monoisotopic (exact) mass is 818 g/mol. The van der Waals surface area contributed by atoms with E-state index in [0.29, 0.717) is 36.5 Å². The maximum atomic E-state index is 13.9. The number of hydrogen-bond donors (Lipinski definition) is 2. The van der Waals surface area contributed by atoms with E-state index in [1.165, 1.54) is 37.9 Å². The molecule has 10 atom stereocenters. The first kappa shape index (κ1) is 40.3. The number of hydrogen-bond acceptors (Lipinski definition) is 8. The fourth-order valence-corrected chi connectivity index (χ4v) is 11.8. The van der Waals surface area contributed by atoms with Crippen LogP contribution in [0.4, 0.5) is 9.59 Å². The van der Waals surface area contributed by atoms with Gasteiger partial charge in [-0.25, -0.2) is 19.6 Å². The summed E-state index contributed by atoms with van der Waals surface area (Å²) >= 11 is 0. The Morgan fingerprint density at radius 1 is 0.733 bits per heavy atom. The Balaban J connectivity index is 0.858. The van der Waals surface area contributed by atoms with Gasteiger partial charge >= 0.3 is 12.2 Å². The van der Waals surface area contributed by atoms with Crippen molar-refractivity contribution in [1.82, 2.24) is 29.7 Å². The lowest BCUT2D eigenvalue weighted by Crippen LogP contribution is -2.46. The highest BCUT2D eigenvalue weighted by molar-refractivity contribution is 5.97. The fourth-order valence-electron chi connectivity index (χ4n) is 11.8. The normalized spacial score (nSPS) is 33.5. The van der Waals surface area contributed by atoms with E-state index in [1.54, 1.807) is 0 Å². The summed E-state index contributed by atoms with van der Waals surface area (Å²) in [4.78, 5) is 80.0. The van der Waals surface area contributed by atoms with Crippen LogP contribution in [0, 0.1) is 35.5 Å². The number of carbonyl (C=O) groups excluding carboxylic acids is 4. The lowest BCUT2D eigenvalue weighted by Gasteiger charge is -2.53. The smallest absolute Gasteiger partial charge is 0.432 e. The molecule has 5 saturated carbocycles. The van der Waals surface area contributed by atoms with Crippen LogP contribution in [0.25, 0.3) is 11.3 Å². The molecule has 2 N–H and O–H groups in total.